The number of benzene rings is 1. The number of ether oxygens (including phenoxy) is 2. The first-order valence-corrected chi connectivity index (χ1v) is 6.74. The minimum Gasteiger partial charge on any atom is -0.493 e. The lowest BCUT2D eigenvalue weighted by atomic mass is 10.1. The summed E-state index contributed by atoms with van der Waals surface area (Å²) >= 11 is 0. The fourth-order valence-electron chi connectivity index (χ4n) is 2.04. The third-order valence-electron chi connectivity index (χ3n) is 3.25. The summed E-state index contributed by atoms with van der Waals surface area (Å²) in [5.41, 5.74) is 1.12. The van der Waals surface area contributed by atoms with E-state index in [0.717, 1.165) is 36.7 Å². The Morgan fingerprint density at radius 2 is 2.00 bits per heavy atom. The quantitative estimate of drug-likeness (QED) is 0.781. The molecular weight excluding hydrogens is 240 g/mol. The van der Waals surface area contributed by atoms with Crippen LogP contribution < -0.4 is 14.8 Å². The molecule has 1 atom stereocenters. The highest BCUT2D eigenvalue weighted by Crippen LogP contribution is 2.30. The second-order valence-electron chi connectivity index (χ2n) is 4.79. The molecule has 4 heteroatoms. The van der Waals surface area contributed by atoms with Gasteiger partial charge in [-0.05, 0) is 26.6 Å². The third kappa shape index (κ3) is 4.73. The largest absolute Gasteiger partial charge is 0.493 e. The van der Waals surface area contributed by atoms with Gasteiger partial charge in [0.25, 0.3) is 0 Å². The molecule has 0 saturated heterocycles. The standard InChI is InChI=1S/C15H26N2O2/c1-6-17(3)11-12(2)16-10-13-8-7-9-14(18-4)15(13)19-5/h7-9,12,16H,6,10-11H2,1-5H3. The van der Waals surface area contributed by atoms with Crippen LogP contribution in [0.25, 0.3) is 0 Å². The Hall–Kier alpha value is -1.26. The van der Waals surface area contributed by atoms with E-state index in [0.29, 0.717) is 6.04 Å². The molecule has 0 fully saturated rings. The summed E-state index contributed by atoms with van der Waals surface area (Å²) in [4.78, 5) is 2.29. The predicted molar refractivity (Wildman–Crippen MR) is 79.0 cm³/mol. The Bertz CT molecular complexity index is 382. The fourth-order valence-corrected chi connectivity index (χ4v) is 2.04. The average molecular weight is 266 g/mol. The van der Waals surface area contributed by atoms with Crippen LogP contribution in [-0.2, 0) is 6.54 Å². The molecule has 0 aliphatic heterocycles. The van der Waals surface area contributed by atoms with Gasteiger partial charge in [-0.25, -0.2) is 0 Å². The van der Waals surface area contributed by atoms with Crippen molar-refractivity contribution >= 4 is 0 Å². The van der Waals surface area contributed by atoms with Gasteiger partial charge in [-0.1, -0.05) is 19.1 Å². The van der Waals surface area contributed by atoms with Crippen LogP contribution in [0.1, 0.15) is 19.4 Å². The van der Waals surface area contributed by atoms with E-state index in [2.05, 4.69) is 37.2 Å². The molecule has 0 aromatic heterocycles. The fraction of sp³-hybridized carbons (Fsp3) is 0.600. The van der Waals surface area contributed by atoms with Gasteiger partial charge in [-0.3, -0.25) is 0 Å². The van der Waals surface area contributed by atoms with Gasteiger partial charge in [0.05, 0.1) is 14.2 Å². The molecule has 19 heavy (non-hydrogen) atoms. The zero-order valence-electron chi connectivity index (χ0n) is 12.7. The van der Waals surface area contributed by atoms with E-state index < -0.39 is 0 Å². The Morgan fingerprint density at radius 1 is 1.26 bits per heavy atom. The normalized spacial score (nSPS) is 12.5. The van der Waals surface area contributed by atoms with Crippen molar-refractivity contribution in [2.75, 3.05) is 34.4 Å². The molecule has 0 spiro atoms. The van der Waals surface area contributed by atoms with Crippen LogP contribution >= 0.6 is 0 Å². The van der Waals surface area contributed by atoms with Crippen molar-refractivity contribution in [1.29, 1.82) is 0 Å². The Labute approximate surface area is 116 Å². The molecule has 1 rings (SSSR count). The van der Waals surface area contributed by atoms with Gasteiger partial charge in [0, 0.05) is 24.7 Å². The zero-order valence-corrected chi connectivity index (χ0v) is 12.7. The first-order chi connectivity index (χ1) is 9.12. The highest BCUT2D eigenvalue weighted by atomic mass is 16.5. The van der Waals surface area contributed by atoms with E-state index >= 15 is 0 Å². The molecule has 0 radical (unpaired) electrons. The summed E-state index contributed by atoms with van der Waals surface area (Å²) in [6.45, 7) is 7.23. The number of nitrogens with one attached hydrogen (secondary N) is 1. The number of hydrogen-bond acceptors (Lipinski definition) is 4. The molecule has 0 heterocycles. The molecule has 1 aromatic rings. The highest BCUT2D eigenvalue weighted by Gasteiger charge is 2.10. The molecule has 4 nitrogen and oxygen atoms in total. The van der Waals surface area contributed by atoms with Crippen molar-refractivity contribution in [2.45, 2.75) is 26.4 Å². The van der Waals surface area contributed by atoms with Gasteiger partial charge in [0.1, 0.15) is 0 Å². The van der Waals surface area contributed by atoms with Gasteiger partial charge in [0.2, 0.25) is 0 Å². The van der Waals surface area contributed by atoms with E-state index in [4.69, 9.17) is 9.47 Å². The summed E-state index contributed by atoms with van der Waals surface area (Å²) in [5.74, 6) is 1.59. The summed E-state index contributed by atoms with van der Waals surface area (Å²) in [7, 11) is 5.47. The second-order valence-corrected chi connectivity index (χ2v) is 4.79. The molecule has 1 N–H and O–H groups in total. The number of para-hydroxylation sites is 1. The monoisotopic (exact) mass is 266 g/mol. The van der Waals surface area contributed by atoms with E-state index in [-0.39, 0.29) is 0 Å². The van der Waals surface area contributed by atoms with Crippen LogP contribution in [0.4, 0.5) is 0 Å². The Kier molecular flexibility index (Phi) is 6.67. The van der Waals surface area contributed by atoms with E-state index in [1.807, 2.05) is 12.1 Å². The molecule has 0 aliphatic rings. The molecule has 1 aromatic carbocycles. The zero-order chi connectivity index (χ0) is 14.3. The second kappa shape index (κ2) is 8.02. The van der Waals surface area contributed by atoms with Crippen LogP contribution in [0.2, 0.25) is 0 Å². The Balaban J connectivity index is 2.62. The molecule has 0 amide bonds. The molecule has 0 bridgehead atoms. The summed E-state index contributed by atoms with van der Waals surface area (Å²) in [5, 5.41) is 3.51. The SMILES string of the molecule is CCN(C)CC(C)NCc1cccc(OC)c1OC. The molecule has 1 unspecified atom stereocenters. The number of hydrogen-bond donors (Lipinski definition) is 1. The van der Waals surface area contributed by atoms with Gasteiger partial charge >= 0.3 is 0 Å². The van der Waals surface area contributed by atoms with Crippen molar-refractivity contribution in [1.82, 2.24) is 10.2 Å². The highest BCUT2D eigenvalue weighted by molar-refractivity contribution is 5.46. The lowest BCUT2D eigenvalue weighted by Crippen LogP contribution is -2.37. The van der Waals surface area contributed by atoms with Crippen LogP contribution in [0.15, 0.2) is 18.2 Å². The minimum absolute atomic E-state index is 0.431. The average Bonchev–Trinajstić information content (AvgIpc) is 2.44. The lowest BCUT2D eigenvalue weighted by molar-refractivity contribution is 0.307. The maximum Gasteiger partial charge on any atom is 0.165 e. The third-order valence-corrected chi connectivity index (χ3v) is 3.25. The maximum atomic E-state index is 5.43. The van der Waals surface area contributed by atoms with Crippen LogP contribution in [0, 0.1) is 0 Å². The van der Waals surface area contributed by atoms with E-state index in [1.54, 1.807) is 14.2 Å². The molecule has 0 aliphatic carbocycles. The number of rotatable bonds is 8. The van der Waals surface area contributed by atoms with Crippen molar-refractivity contribution in [3.63, 3.8) is 0 Å². The maximum absolute atomic E-state index is 5.43. The smallest absolute Gasteiger partial charge is 0.165 e. The number of methoxy groups -OCH3 is 2. The first kappa shape index (κ1) is 15.8. The molecule has 108 valence electrons. The summed E-state index contributed by atoms with van der Waals surface area (Å²) in [6, 6.07) is 6.39. The van der Waals surface area contributed by atoms with Crippen molar-refractivity contribution < 1.29 is 9.47 Å². The van der Waals surface area contributed by atoms with Gasteiger partial charge in [0.15, 0.2) is 11.5 Å². The topological polar surface area (TPSA) is 33.7 Å². The van der Waals surface area contributed by atoms with Gasteiger partial charge < -0.3 is 19.7 Å². The van der Waals surface area contributed by atoms with Crippen molar-refractivity contribution in [3.05, 3.63) is 23.8 Å². The van der Waals surface area contributed by atoms with Crippen LogP contribution in [0.3, 0.4) is 0 Å². The van der Waals surface area contributed by atoms with Crippen LogP contribution in [-0.4, -0.2) is 45.3 Å². The van der Waals surface area contributed by atoms with Crippen molar-refractivity contribution in [2.24, 2.45) is 0 Å². The van der Waals surface area contributed by atoms with Crippen molar-refractivity contribution in [3.8, 4) is 11.5 Å². The molecular formula is C15H26N2O2. The van der Waals surface area contributed by atoms with Gasteiger partial charge in [-0.2, -0.15) is 0 Å². The predicted octanol–water partition coefficient (Wildman–Crippen LogP) is 2.13. The number of likely N-dealkylation sites (N-methyl/N-ethyl adjacent to an activating group) is 1. The summed E-state index contributed by atoms with van der Waals surface area (Å²) in [6.07, 6.45) is 0. The lowest BCUT2D eigenvalue weighted by Gasteiger charge is -2.21. The van der Waals surface area contributed by atoms with E-state index in [9.17, 15) is 0 Å². The van der Waals surface area contributed by atoms with E-state index in [1.165, 1.54) is 0 Å². The summed E-state index contributed by atoms with van der Waals surface area (Å²) < 4.78 is 10.7. The Morgan fingerprint density at radius 3 is 2.58 bits per heavy atom. The first-order valence-electron chi connectivity index (χ1n) is 6.74. The van der Waals surface area contributed by atoms with Gasteiger partial charge in [-0.15, -0.1) is 0 Å². The minimum atomic E-state index is 0.431. The molecule has 0 saturated carbocycles. The number of nitrogens with zero attached hydrogens (tertiary/aromatic N) is 1. The van der Waals surface area contributed by atoms with Crippen LogP contribution in [0.5, 0.6) is 11.5 Å².